The second-order valence-electron chi connectivity index (χ2n) is 6.50. The Bertz CT molecular complexity index is 888. The molecule has 0 bridgehead atoms. The van der Waals surface area contributed by atoms with E-state index in [4.69, 9.17) is 4.74 Å². The summed E-state index contributed by atoms with van der Waals surface area (Å²) in [6.45, 7) is 1.04. The fourth-order valence-electron chi connectivity index (χ4n) is 3.29. The number of carbonyl (C=O) groups excluding carboxylic acids is 3. The van der Waals surface area contributed by atoms with E-state index in [9.17, 15) is 24.3 Å². The molecule has 3 rings (SSSR count). The molecule has 0 saturated carbocycles. The average molecular weight is 437 g/mol. The number of nitrogens with zero attached hydrogens (tertiary/aromatic N) is 1. The van der Waals surface area contributed by atoms with Crippen molar-refractivity contribution in [2.45, 2.75) is 23.6 Å². The Morgan fingerprint density at radius 3 is 2.62 bits per heavy atom. The smallest absolute Gasteiger partial charge is 0.352 e. The van der Waals surface area contributed by atoms with E-state index in [1.54, 1.807) is 6.26 Å². The molecule has 10 heteroatoms. The van der Waals surface area contributed by atoms with Crippen molar-refractivity contribution < 1.29 is 29.0 Å². The number of aliphatic carboxylic acids is 1. The number of benzene rings is 1. The number of amides is 2. The number of rotatable bonds is 7. The van der Waals surface area contributed by atoms with Crippen LogP contribution in [0.4, 0.5) is 0 Å². The van der Waals surface area contributed by atoms with Crippen LogP contribution in [-0.2, 0) is 30.3 Å². The van der Waals surface area contributed by atoms with Crippen molar-refractivity contribution in [1.29, 1.82) is 0 Å². The minimum Gasteiger partial charge on any atom is -0.477 e. The topological polar surface area (TPSA) is 113 Å². The molecule has 1 unspecified atom stereocenters. The normalized spacial score (nSPS) is 23.2. The predicted molar refractivity (Wildman–Crippen MR) is 109 cm³/mol. The molecule has 154 valence electrons. The zero-order valence-corrected chi connectivity index (χ0v) is 17.5. The standard InChI is InChI=1S/C19H20N2O6S2/c1-11(22)27-9-13-10-29-19(28-2)16(17(24)21(19)15(13)18(25)26)20-14(23)8-12-6-4-3-5-7-12/h3-7,16H,8-10H2,1-2H3,(H,20,23)(H,25,26)/t16?,19-/m1/s1. The highest BCUT2D eigenvalue weighted by Gasteiger charge is 2.65. The molecule has 29 heavy (non-hydrogen) atoms. The predicted octanol–water partition coefficient (Wildman–Crippen LogP) is 1.22. The van der Waals surface area contributed by atoms with Crippen LogP contribution in [0.15, 0.2) is 41.6 Å². The molecule has 0 aliphatic carbocycles. The highest BCUT2D eigenvalue weighted by atomic mass is 32.2. The quantitative estimate of drug-likeness (QED) is 0.485. The van der Waals surface area contributed by atoms with E-state index in [1.165, 1.54) is 35.3 Å². The summed E-state index contributed by atoms with van der Waals surface area (Å²) in [5.41, 5.74) is 0.987. The van der Waals surface area contributed by atoms with Gasteiger partial charge in [-0.1, -0.05) is 30.3 Å². The molecular weight excluding hydrogens is 416 g/mol. The Labute approximate surface area is 176 Å². The van der Waals surface area contributed by atoms with Crippen LogP contribution >= 0.6 is 23.5 Å². The molecule has 1 saturated heterocycles. The van der Waals surface area contributed by atoms with Crippen LogP contribution in [0.5, 0.6) is 0 Å². The Morgan fingerprint density at radius 2 is 2.03 bits per heavy atom. The number of esters is 1. The van der Waals surface area contributed by atoms with Crippen molar-refractivity contribution >= 4 is 47.3 Å². The van der Waals surface area contributed by atoms with Gasteiger partial charge in [-0.25, -0.2) is 4.79 Å². The van der Waals surface area contributed by atoms with Gasteiger partial charge < -0.3 is 15.2 Å². The molecule has 2 heterocycles. The number of nitrogens with one attached hydrogen (secondary N) is 1. The first-order chi connectivity index (χ1) is 13.8. The molecule has 2 N–H and O–H groups in total. The Morgan fingerprint density at radius 1 is 1.34 bits per heavy atom. The number of hydrogen-bond donors (Lipinski definition) is 2. The molecule has 0 aromatic heterocycles. The number of fused-ring (bicyclic) bond motifs is 1. The summed E-state index contributed by atoms with van der Waals surface area (Å²) in [5.74, 6) is -2.34. The second-order valence-corrected chi connectivity index (χ2v) is 8.99. The fraction of sp³-hybridized carbons (Fsp3) is 0.368. The number of ether oxygens (including phenoxy) is 1. The van der Waals surface area contributed by atoms with Crippen molar-refractivity contribution in [3.8, 4) is 0 Å². The molecular formula is C19H20N2O6S2. The van der Waals surface area contributed by atoms with Crippen LogP contribution in [0, 0.1) is 0 Å². The van der Waals surface area contributed by atoms with Gasteiger partial charge in [-0.2, -0.15) is 0 Å². The van der Waals surface area contributed by atoms with E-state index in [1.807, 2.05) is 30.3 Å². The highest BCUT2D eigenvalue weighted by Crippen LogP contribution is 2.55. The van der Waals surface area contributed by atoms with E-state index in [0.29, 0.717) is 5.57 Å². The van der Waals surface area contributed by atoms with Crippen LogP contribution < -0.4 is 5.32 Å². The fourth-order valence-corrected chi connectivity index (χ4v) is 5.94. The zero-order chi connectivity index (χ0) is 21.2. The van der Waals surface area contributed by atoms with Crippen LogP contribution in [0.2, 0.25) is 0 Å². The molecule has 2 aliphatic heterocycles. The van der Waals surface area contributed by atoms with Gasteiger partial charge in [0.1, 0.15) is 12.3 Å². The first-order valence-electron chi connectivity index (χ1n) is 8.75. The maximum Gasteiger partial charge on any atom is 0.352 e. The molecule has 8 nitrogen and oxygen atoms in total. The van der Waals surface area contributed by atoms with Crippen LogP contribution in [0.1, 0.15) is 12.5 Å². The van der Waals surface area contributed by atoms with Crippen LogP contribution in [0.3, 0.4) is 0 Å². The third kappa shape index (κ3) is 3.99. The van der Waals surface area contributed by atoms with Crippen molar-refractivity contribution in [2.24, 2.45) is 0 Å². The molecule has 1 fully saturated rings. The van der Waals surface area contributed by atoms with Gasteiger partial charge in [-0.15, -0.1) is 23.5 Å². The lowest BCUT2D eigenvalue weighted by molar-refractivity contribution is -0.152. The molecule has 2 aliphatic rings. The SMILES string of the molecule is CS[C@]12SCC(COC(C)=O)=C(C(=O)O)N1C(=O)C2NC(=O)Cc1ccccc1. The summed E-state index contributed by atoms with van der Waals surface area (Å²) in [5, 5.41) is 12.4. The lowest BCUT2D eigenvalue weighted by Gasteiger charge is -2.57. The lowest BCUT2D eigenvalue weighted by Crippen LogP contribution is -2.77. The average Bonchev–Trinajstić information content (AvgIpc) is 2.69. The summed E-state index contributed by atoms with van der Waals surface area (Å²) in [4.78, 5) is 49.5. The van der Waals surface area contributed by atoms with Gasteiger partial charge in [0, 0.05) is 18.2 Å². The maximum absolute atomic E-state index is 12.8. The molecule has 1 aromatic rings. The van der Waals surface area contributed by atoms with Gasteiger partial charge in [0.05, 0.1) is 6.42 Å². The van der Waals surface area contributed by atoms with Gasteiger partial charge in [0.25, 0.3) is 5.91 Å². The van der Waals surface area contributed by atoms with Gasteiger partial charge in [0.15, 0.2) is 10.2 Å². The molecule has 1 aromatic carbocycles. The third-order valence-corrected chi connectivity index (χ3v) is 7.79. The van der Waals surface area contributed by atoms with Gasteiger partial charge in [0.2, 0.25) is 5.91 Å². The molecule has 2 amide bonds. The number of carbonyl (C=O) groups is 4. The Kier molecular flexibility index (Phi) is 6.23. The van der Waals surface area contributed by atoms with Gasteiger partial charge >= 0.3 is 11.9 Å². The van der Waals surface area contributed by atoms with Crippen LogP contribution in [-0.4, -0.2) is 62.6 Å². The monoisotopic (exact) mass is 436 g/mol. The van der Waals surface area contributed by atoms with E-state index in [-0.39, 0.29) is 30.4 Å². The van der Waals surface area contributed by atoms with E-state index >= 15 is 0 Å². The largest absolute Gasteiger partial charge is 0.477 e. The van der Waals surface area contributed by atoms with Crippen molar-refractivity contribution in [3.05, 3.63) is 47.2 Å². The minimum atomic E-state index is -1.27. The first-order valence-corrected chi connectivity index (χ1v) is 11.0. The lowest BCUT2D eigenvalue weighted by atomic mass is 10.0. The highest BCUT2D eigenvalue weighted by molar-refractivity contribution is 8.18. The molecule has 0 radical (unpaired) electrons. The zero-order valence-electron chi connectivity index (χ0n) is 15.8. The molecule has 2 atom stereocenters. The number of carboxylic acids is 1. The number of thioether (sulfide) groups is 2. The number of carboxylic acid groups (broad SMARTS) is 1. The Hall–Kier alpha value is -2.46. The summed E-state index contributed by atoms with van der Waals surface area (Å²) in [6.07, 6.45) is 1.89. The number of hydrogen-bond acceptors (Lipinski definition) is 7. The van der Waals surface area contributed by atoms with E-state index in [0.717, 1.165) is 5.56 Å². The van der Waals surface area contributed by atoms with E-state index < -0.39 is 28.1 Å². The summed E-state index contributed by atoms with van der Waals surface area (Å²) in [7, 11) is 0. The van der Waals surface area contributed by atoms with Gasteiger partial charge in [-0.3, -0.25) is 19.3 Å². The van der Waals surface area contributed by atoms with Crippen molar-refractivity contribution in [3.63, 3.8) is 0 Å². The maximum atomic E-state index is 12.8. The minimum absolute atomic E-state index is 0.124. The van der Waals surface area contributed by atoms with Crippen molar-refractivity contribution in [1.82, 2.24) is 10.2 Å². The summed E-state index contributed by atoms with van der Waals surface area (Å²) >= 11 is 2.64. The summed E-state index contributed by atoms with van der Waals surface area (Å²) < 4.78 is 3.99. The van der Waals surface area contributed by atoms with Crippen LogP contribution in [0.25, 0.3) is 0 Å². The molecule has 0 spiro atoms. The summed E-state index contributed by atoms with van der Waals surface area (Å²) in [6, 6.07) is 8.30. The first kappa shape index (κ1) is 21.3. The second kappa shape index (κ2) is 8.50. The third-order valence-electron chi connectivity index (χ3n) is 4.61. The van der Waals surface area contributed by atoms with E-state index in [2.05, 4.69) is 5.32 Å². The van der Waals surface area contributed by atoms with Crippen molar-refractivity contribution in [2.75, 3.05) is 18.6 Å². The van der Waals surface area contributed by atoms with Gasteiger partial charge in [-0.05, 0) is 11.8 Å². The Balaban J connectivity index is 1.81. The number of β-lactam (4-membered cyclic amide) rings is 1.